The fraction of sp³-hybridized carbons (Fsp3) is 0.292. The Morgan fingerprint density at radius 3 is 2.32 bits per heavy atom. The second-order valence-corrected chi connectivity index (χ2v) is 10.2. The quantitative estimate of drug-likeness (QED) is 0.582. The zero-order valence-electron chi connectivity index (χ0n) is 18.2. The van der Waals surface area contributed by atoms with E-state index in [1.807, 2.05) is 18.2 Å². The zero-order valence-corrected chi connectivity index (χ0v) is 19.0. The summed E-state index contributed by atoms with van der Waals surface area (Å²) in [7, 11) is -1.99. The smallest absolute Gasteiger partial charge is 0.255 e. The predicted octanol–water partition coefficient (Wildman–Crippen LogP) is 3.97. The van der Waals surface area contributed by atoms with Gasteiger partial charge in [0.15, 0.2) is 0 Å². The molecule has 0 radical (unpaired) electrons. The molecule has 0 aliphatic carbocycles. The molecule has 0 aliphatic rings. The third-order valence-corrected chi connectivity index (χ3v) is 6.32. The molecule has 1 heterocycles. The van der Waals surface area contributed by atoms with Crippen molar-refractivity contribution < 1.29 is 13.2 Å². The summed E-state index contributed by atoms with van der Waals surface area (Å²) >= 11 is 0. The first kappa shape index (κ1) is 22.8. The molecule has 164 valence electrons. The first-order valence-electron chi connectivity index (χ1n) is 10.0. The van der Waals surface area contributed by atoms with Gasteiger partial charge in [0.2, 0.25) is 10.0 Å². The molecule has 2 N–H and O–H groups in total. The molecule has 0 saturated heterocycles. The highest BCUT2D eigenvalue weighted by Crippen LogP contribution is 2.36. The molecule has 0 spiro atoms. The molecule has 31 heavy (non-hydrogen) atoms. The highest BCUT2D eigenvalue weighted by atomic mass is 32.2. The van der Waals surface area contributed by atoms with Crippen LogP contribution in [0.3, 0.4) is 0 Å². The molecular weight excluding hydrogens is 412 g/mol. The maximum absolute atomic E-state index is 12.7. The summed E-state index contributed by atoms with van der Waals surface area (Å²) in [5.41, 5.74) is 2.99. The van der Waals surface area contributed by atoms with E-state index in [-0.39, 0.29) is 23.3 Å². The average Bonchev–Trinajstić information content (AvgIpc) is 2.72. The first-order valence-corrected chi connectivity index (χ1v) is 11.7. The summed E-state index contributed by atoms with van der Waals surface area (Å²) in [6.45, 7) is 6.23. The van der Waals surface area contributed by atoms with Gasteiger partial charge in [-0.15, -0.1) is 0 Å². The third kappa shape index (κ3) is 5.62. The number of ether oxygens (including phenoxy) is 1. The standard InChI is InChI=1S/C24H28N2O4S/c1-24(2,3)21-14-20(19-11-8-12-25-23(19)27)18(13-22(21)30-4)15-26-31(28,29)16-17-9-6-5-7-10-17/h5-14,26H,15-16H2,1-4H3,(H,25,27). The Bertz CT molecular complexity index is 1210. The van der Waals surface area contributed by atoms with Crippen molar-refractivity contribution in [2.45, 2.75) is 38.5 Å². The van der Waals surface area contributed by atoms with Crippen LogP contribution in [0.25, 0.3) is 11.1 Å². The molecule has 1 aromatic heterocycles. The number of sulfonamides is 1. The van der Waals surface area contributed by atoms with E-state index in [0.29, 0.717) is 28.0 Å². The summed E-state index contributed by atoms with van der Waals surface area (Å²) in [6, 6.07) is 16.2. The topological polar surface area (TPSA) is 88.3 Å². The Balaban J connectivity index is 2.02. The van der Waals surface area contributed by atoms with Gasteiger partial charge in [-0.1, -0.05) is 51.1 Å². The van der Waals surface area contributed by atoms with Crippen LogP contribution in [0.15, 0.2) is 65.6 Å². The molecule has 0 fully saturated rings. The molecule has 0 unspecified atom stereocenters. The number of hydrogen-bond acceptors (Lipinski definition) is 4. The summed E-state index contributed by atoms with van der Waals surface area (Å²) in [5.74, 6) is 0.535. The van der Waals surface area contributed by atoms with Crippen molar-refractivity contribution in [1.82, 2.24) is 9.71 Å². The number of H-pyrrole nitrogens is 1. The van der Waals surface area contributed by atoms with E-state index in [0.717, 1.165) is 5.56 Å². The Kier molecular flexibility index (Phi) is 6.67. The van der Waals surface area contributed by atoms with Crippen molar-refractivity contribution >= 4 is 10.0 Å². The third-order valence-electron chi connectivity index (χ3n) is 5.02. The molecule has 0 bridgehead atoms. The molecule has 6 nitrogen and oxygen atoms in total. The largest absolute Gasteiger partial charge is 0.496 e. The normalized spacial score (nSPS) is 12.0. The number of aromatic nitrogens is 1. The fourth-order valence-electron chi connectivity index (χ4n) is 3.44. The van der Waals surface area contributed by atoms with Crippen LogP contribution >= 0.6 is 0 Å². The number of nitrogens with one attached hydrogen (secondary N) is 2. The van der Waals surface area contributed by atoms with Crippen LogP contribution in [0.1, 0.15) is 37.5 Å². The minimum absolute atomic E-state index is 0.0413. The summed E-state index contributed by atoms with van der Waals surface area (Å²) in [4.78, 5) is 15.2. The van der Waals surface area contributed by atoms with Gasteiger partial charge in [0.25, 0.3) is 5.56 Å². The van der Waals surface area contributed by atoms with E-state index in [4.69, 9.17) is 4.74 Å². The van der Waals surface area contributed by atoms with Gasteiger partial charge < -0.3 is 9.72 Å². The van der Waals surface area contributed by atoms with E-state index in [1.165, 1.54) is 0 Å². The molecule has 0 amide bonds. The second-order valence-electron chi connectivity index (χ2n) is 8.44. The van der Waals surface area contributed by atoms with E-state index >= 15 is 0 Å². The number of rotatable bonds is 7. The monoisotopic (exact) mass is 440 g/mol. The highest BCUT2D eigenvalue weighted by Gasteiger charge is 2.23. The lowest BCUT2D eigenvalue weighted by molar-refractivity contribution is 0.397. The van der Waals surface area contributed by atoms with Crippen molar-refractivity contribution in [1.29, 1.82) is 0 Å². The van der Waals surface area contributed by atoms with E-state index in [2.05, 4.69) is 30.5 Å². The molecule has 2 aromatic carbocycles. The lowest BCUT2D eigenvalue weighted by Gasteiger charge is -2.24. The molecule has 0 atom stereocenters. The van der Waals surface area contributed by atoms with Crippen molar-refractivity contribution in [3.63, 3.8) is 0 Å². The minimum Gasteiger partial charge on any atom is -0.496 e. The van der Waals surface area contributed by atoms with Gasteiger partial charge in [-0.25, -0.2) is 13.1 Å². The number of aromatic amines is 1. The van der Waals surface area contributed by atoms with Crippen molar-refractivity contribution in [2.75, 3.05) is 7.11 Å². The summed E-state index contributed by atoms with van der Waals surface area (Å²) in [6.07, 6.45) is 1.57. The van der Waals surface area contributed by atoms with Crippen LogP contribution in [0, 0.1) is 0 Å². The zero-order chi connectivity index (χ0) is 22.6. The SMILES string of the molecule is COc1cc(CNS(=O)(=O)Cc2ccccc2)c(-c2ccc[nH]c2=O)cc1C(C)(C)C. The van der Waals surface area contributed by atoms with Crippen LogP contribution in [0.2, 0.25) is 0 Å². The Labute approximate surface area is 183 Å². The van der Waals surface area contributed by atoms with Crippen LogP contribution in [0.5, 0.6) is 5.75 Å². The Morgan fingerprint density at radius 1 is 1.00 bits per heavy atom. The van der Waals surface area contributed by atoms with Gasteiger partial charge in [0.1, 0.15) is 5.75 Å². The van der Waals surface area contributed by atoms with Crippen LogP contribution in [-0.4, -0.2) is 20.5 Å². The van der Waals surface area contributed by atoms with Gasteiger partial charge in [0, 0.05) is 23.9 Å². The van der Waals surface area contributed by atoms with Gasteiger partial charge in [-0.2, -0.15) is 0 Å². The fourth-order valence-corrected chi connectivity index (χ4v) is 4.55. The van der Waals surface area contributed by atoms with Crippen LogP contribution < -0.4 is 15.0 Å². The van der Waals surface area contributed by atoms with Crippen molar-refractivity contribution in [3.05, 3.63) is 87.8 Å². The Hall–Kier alpha value is -2.90. The van der Waals surface area contributed by atoms with Crippen molar-refractivity contribution in [2.24, 2.45) is 0 Å². The summed E-state index contributed by atoms with van der Waals surface area (Å²) < 4.78 is 33.6. The minimum atomic E-state index is -3.58. The number of pyridine rings is 1. The van der Waals surface area contributed by atoms with Crippen molar-refractivity contribution in [3.8, 4) is 16.9 Å². The molecule has 7 heteroatoms. The van der Waals surface area contributed by atoms with Crippen LogP contribution in [-0.2, 0) is 27.7 Å². The van der Waals surface area contributed by atoms with E-state index < -0.39 is 10.0 Å². The van der Waals surface area contributed by atoms with Gasteiger partial charge in [0.05, 0.1) is 12.9 Å². The lowest BCUT2D eigenvalue weighted by atomic mass is 9.83. The van der Waals surface area contributed by atoms with Gasteiger partial charge >= 0.3 is 0 Å². The number of hydrogen-bond donors (Lipinski definition) is 2. The molecule has 0 aliphatic heterocycles. The predicted molar refractivity (Wildman–Crippen MR) is 124 cm³/mol. The van der Waals surface area contributed by atoms with E-state index in [1.54, 1.807) is 49.7 Å². The first-order chi connectivity index (χ1) is 14.6. The maximum atomic E-state index is 12.7. The number of benzene rings is 2. The molecule has 0 saturated carbocycles. The Morgan fingerprint density at radius 2 is 1.71 bits per heavy atom. The van der Waals surface area contributed by atoms with Gasteiger partial charge in [-0.3, -0.25) is 4.79 Å². The maximum Gasteiger partial charge on any atom is 0.255 e. The highest BCUT2D eigenvalue weighted by molar-refractivity contribution is 7.88. The lowest BCUT2D eigenvalue weighted by Crippen LogP contribution is -2.25. The van der Waals surface area contributed by atoms with Gasteiger partial charge in [-0.05, 0) is 46.4 Å². The molecule has 3 rings (SSSR count). The molecule has 3 aromatic rings. The summed E-state index contributed by atoms with van der Waals surface area (Å²) in [5, 5.41) is 0. The average molecular weight is 441 g/mol. The van der Waals surface area contributed by atoms with E-state index in [9.17, 15) is 13.2 Å². The number of methoxy groups -OCH3 is 1. The second kappa shape index (κ2) is 9.08. The van der Waals surface area contributed by atoms with Crippen LogP contribution in [0.4, 0.5) is 0 Å². The molecular formula is C24H28N2O4S.